The first-order valence-electron chi connectivity index (χ1n) is 5.01. The van der Waals surface area contributed by atoms with Crippen LogP contribution in [0.2, 0.25) is 0 Å². The van der Waals surface area contributed by atoms with E-state index in [1.165, 1.54) is 0 Å². The van der Waals surface area contributed by atoms with Gasteiger partial charge in [-0.2, -0.15) is 0 Å². The lowest BCUT2D eigenvalue weighted by Gasteiger charge is -2.18. The van der Waals surface area contributed by atoms with E-state index in [1.54, 1.807) is 0 Å². The molecule has 78 valence electrons. The highest BCUT2D eigenvalue weighted by Gasteiger charge is 2.34. The van der Waals surface area contributed by atoms with Crippen LogP contribution in [0.1, 0.15) is 0 Å². The molecule has 0 N–H and O–H groups in total. The molecule has 16 heavy (non-hydrogen) atoms. The Hall–Kier alpha value is -1.73. The topological polar surface area (TPSA) is 38.8 Å². The van der Waals surface area contributed by atoms with E-state index in [4.69, 9.17) is 9.26 Å². The zero-order valence-corrected chi connectivity index (χ0v) is 9.19. The first-order chi connectivity index (χ1) is 7.84. The molecule has 0 spiro atoms. The van der Waals surface area contributed by atoms with Gasteiger partial charge < -0.3 is 9.26 Å². The quantitative estimate of drug-likeness (QED) is 0.440. The minimum Gasteiger partial charge on any atom is -0.449 e. The first-order valence-corrected chi connectivity index (χ1v) is 6.33. The molecule has 0 saturated heterocycles. The van der Waals surface area contributed by atoms with Crippen LogP contribution in [0.3, 0.4) is 0 Å². The number of rotatable bonds is 0. The van der Waals surface area contributed by atoms with E-state index in [1.807, 2.05) is 36.4 Å². The van der Waals surface area contributed by atoms with E-state index in [9.17, 15) is 4.57 Å². The fourth-order valence-corrected chi connectivity index (χ4v) is 3.37. The van der Waals surface area contributed by atoms with Crippen LogP contribution >= 0.6 is 8.03 Å². The molecule has 4 heteroatoms. The van der Waals surface area contributed by atoms with E-state index in [-0.39, 0.29) is 0 Å². The van der Waals surface area contributed by atoms with Crippen molar-refractivity contribution >= 4 is 13.3 Å². The number of benzene rings is 2. The van der Waals surface area contributed by atoms with Crippen LogP contribution in [0, 0.1) is 0 Å². The maximum absolute atomic E-state index is 12.0. The maximum atomic E-state index is 12.0. The van der Waals surface area contributed by atoms with Crippen molar-refractivity contribution in [3.63, 3.8) is 0 Å². The lowest BCUT2D eigenvalue weighted by Crippen LogP contribution is -2.08. The van der Waals surface area contributed by atoms with Gasteiger partial charge in [0.25, 0.3) is 8.03 Å². The van der Waals surface area contributed by atoms with Crippen molar-refractivity contribution in [2.75, 3.05) is 0 Å². The highest BCUT2D eigenvalue weighted by molar-refractivity contribution is 7.49. The summed E-state index contributed by atoms with van der Waals surface area (Å²) >= 11 is 0. The molecular formula is C12H7O3P. The molecule has 2 aromatic carbocycles. The summed E-state index contributed by atoms with van der Waals surface area (Å²) in [7, 11) is -2.21. The van der Waals surface area contributed by atoms with Crippen LogP contribution in [0.5, 0.6) is 17.2 Å². The van der Waals surface area contributed by atoms with Crippen LogP contribution in [0.4, 0.5) is 0 Å². The van der Waals surface area contributed by atoms with E-state index >= 15 is 0 Å². The third-order valence-corrected chi connectivity index (χ3v) is 4.19. The predicted octanol–water partition coefficient (Wildman–Crippen LogP) is 2.95. The molecule has 4 rings (SSSR count). The van der Waals surface area contributed by atoms with Crippen LogP contribution < -0.4 is 14.6 Å². The summed E-state index contributed by atoms with van der Waals surface area (Å²) in [6.45, 7) is 0. The van der Waals surface area contributed by atoms with Gasteiger partial charge >= 0.3 is 0 Å². The van der Waals surface area contributed by atoms with Crippen molar-refractivity contribution < 1.29 is 13.8 Å². The first kappa shape index (κ1) is 8.43. The lowest BCUT2D eigenvalue weighted by molar-refractivity contribution is 0.513. The Morgan fingerprint density at radius 3 is 2.75 bits per heavy atom. The van der Waals surface area contributed by atoms with Crippen molar-refractivity contribution in [1.29, 1.82) is 0 Å². The third-order valence-electron chi connectivity index (χ3n) is 2.88. The number of hydrogen-bond donors (Lipinski definition) is 0. The Kier molecular flexibility index (Phi) is 1.41. The molecule has 0 aromatic heterocycles. The summed E-state index contributed by atoms with van der Waals surface area (Å²) in [6.07, 6.45) is 0. The monoisotopic (exact) mass is 230 g/mol. The van der Waals surface area contributed by atoms with E-state index in [0.29, 0.717) is 5.75 Å². The van der Waals surface area contributed by atoms with E-state index in [2.05, 4.69) is 0 Å². The highest BCUT2D eigenvalue weighted by atomic mass is 31.1. The standard InChI is InChI=1S/C12H7O3P/c13-16-12-8(5-6-10-11(12)14-10)7-3-1-2-4-9(7)15-16/h1-6,16H. The summed E-state index contributed by atoms with van der Waals surface area (Å²) in [5.41, 5.74) is 1.96. The maximum Gasteiger partial charge on any atom is 0.270 e. The van der Waals surface area contributed by atoms with Crippen molar-refractivity contribution in [2.45, 2.75) is 0 Å². The van der Waals surface area contributed by atoms with Gasteiger partial charge in [-0.15, -0.1) is 0 Å². The molecule has 0 radical (unpaired) electrons. The van der Waals surface area contributed by atoms with Crippen LogP contribution in [-0.2, 0) is 4.57 Å². The second-order valence-corrected chi connectivity index (χ2v) is 5.08. The molecule has 3 nitrogen and oxygen atoms in total. The third kappa shape index (κ3) is 0.961. The van der Waals surface area contributed by atoms with Gasteiger partial charge in [-0.25, -0.2) is 0 Å². The normalized spacial score (nSPS) is 18.6. The molecule has 1 atom stereocenters. The molecule has 0 amide bonds. The average molecular weight is 230 g/mol. The SMILES string of the molecule is O=[PH]1Oc2ccccc2-c2ccc3c(c21)O3. The molecule has 0 aliphatic carbocycles. The smallest absolute Gasteiger partial charge is 0.270 e. The number of para-hydroxylation sites is 1. The zero-order chi connectivity index (χ0) is 10.7. The second kappa shape index (κ2) is 2.69. The van der Waals surface area contributed by atoms with Gasteiger partial charge in [0.15, 0.2) is 11.5 Å². The average Bonchev–Trinajstić information content (AvgIpc) is 3.07. The van der Waals surface area contributed by atoms with Gasteiger partial charge in [-0.05, 0) is 18.2 Å². The van der Waals surface area contributed by atoms with E-state index < -0.39 is 8.03 Å². The van der Waals surface area contributed by atoms with Crippen LogP contribution in [-0.4, -0.2) is 0 Å². The van der Waals surface area contributed by atoms with Crippen LogP contribution in [0.25, 0.3) is 11.1 Å². The molecular weight excluding hydrogens is 223 g/mol. The van der Waals surface area contributed by atoms with Crippen molar-refractivity contribution in [1.82, 2.24) is 0 Å². The Balaban J connectivity index is 2.10. The summed E-state index contributed by atoms with van der Waals surface area (Å²) < 4.78 is 22.7. The van der Waals surface area contributed by atoms with Gasteiger partial charge in [0.1, 0.15) is 5.75 Å². The molecule has 2 aliphatic heterocycles. The van der Waals surface area contributed by atoms with Crippen LogP contribution in [0.15, 0.2) is 36.4 Å². The lowest BCUT2D eigenvalue weighted by atomic mass is 10.0. The largest absolute Gasteiger partial charge is 0.449 e. The van der Waals surface area contributed by atoms with Gasteiger partial charge in [0, 0.05) is 11.1 Å². The molecule has 0 saturated carbocycles. The Bertz CT molecular complexity index is 649. The van der Waals surface area contributed by atoms with Gasteiger partial charge in [-0.1, -0.05) is 18.2 Å². The molecule has 1 unspecified atom stereocenters. The Labute approximate surface area is 92.5 Å². The summed E-state index contributed by atoms with van der Waals surface area (Å²) in [4.78, 5) is 0. The van der Waals surface area contributed by atoms with Crippen molar-refractivity contribution in [3.8, 4) is 28.4 Å². The molecule has 2 aliphatic rings. The molecule has 2 aromatic rings. The zero-order valence-electron chi connectivity index (χ0n) is 8.19. The number of ether oxygens (including phenoxy) is 1. The Morgan fingerprint density at radius 2 is 1.81 bits per heavy atom. The van der Waals surface area contributed by atoms with E-state index in [0.717, 1.165) is 27.9 Å². The second-order valence-electron chi connectivity index (χ2n) is 3.80. The predicted molar refractivity (Wildman–Crippen MR) is 61.2 cm³/mol. The van der Waals surface area contributed by atoms with Crippen molar-refractivity contribution in [3.05, 3.63) is 36.4 Å². The van der Waals surface area contributed by atoms with Gasteiger partial charge in [0.05, 0.1) is 5.30 Å². The number of hydrogen-bond acceptors (Lipinski definition) is 3. The summed E-state index contributed by atoms with van der Waals surface area (Å²) in [5.74, 6) is 2.26. The van der Waals surface area contributed by atoms with Gasteiger partial charge in [0.2, 0.25) is 0 Å². The Morgan fingerprint density at radius 1 is 0.938 bits per heavy atom. The molecule has 0 bridgehead atoms. The fourth-order valence-electron chi connectivity index (χ4n) is 2.09. The highest BCUT2D eigenvalue weighted by Crippen LogP contribution is 2.53. The summed E-state index contributed by atoms with van der Waals surface area (Å²) in [6, 6.07) is 11.5. The fraction of sp³-hybridized carbons (Fsp3) is 0. The minimum atomic E-state index is -2.21. The number of fused-ring (bicyclic) bond motifs is 5. The summed E-state index contributed by atoms with van der Waals surface area (Å²) in [5, 5.41) is 0.737. The van der Waals surface area contributed by atoms with Gasteiger partial charge in [-0.3, -0.25) is 4.57 Å². The molecule has 2 heterocycles. The molecule has 0 fully saturated rings. The van der Waals surface area contributed by atoms with Crippen molar-refractivity contribution in [2.24, 2.45) is 0 Å². The minimum absolute atomic E-state index is 0.694.